The van der Waals surface area contributed by atoms with Crippen LogP contribution in [-0.4, -0.2) is 11.8 Å². The fourth-order valence-corrected chi connectivity index (χ4v) is 3.31. The second-order valence-electron chi connectivity index (χ2n) is 7.12. The van der Waals surface area contributed by atoms with Crippen molar-refractivity contribution < 1.29 is 14.3 Å². The number of fused-ring (bicyclic) bond motifs is 1. The second kappa shape index (κ2) is 9.59. The minimum absolute atomic E-state index is 0.175. The molecule has 0 saturated heterocycles. The summed E-state index contributed by atoms with van der Waals surface area (Å²) < 4.78 is 5.73. The van der Waals surface area contributed by atoms with E-state index in [1.165, 1.54) is 0 Å². The van der Waals surface area contributed by atoms with Crippen molar-refractivity contribution in [3.63, 3.8) is 0 Å². The lowest BCUT2D eigenvalue weighted by Crippen LogP contribution is -2.42. The Kier molecular flexibility index (Phi) is 6.24. The Morgan fingerprint density at radius 2 is 1.42 bits per heavy atom. The summed E-state index contributed by atoms with van der Waals surface area (Å²) in [5.74, 6) is -0.00575. The van der Waals surface area contributed by atoms with Crippen molar-refractivity contribution >= 4 is 22.6 Å². The minimum atomic E-state index is -0.388. The van der Waals surface area contributed by atoms with E-state index in [1.54, 1.807) is 24.3 Å². The predicted molar refractivity (Wildman–Crippen MR) is 120 cm³/mol. The van der Waals surface area contributed by atoms with Gasteiger partial charge in [0.25, 0.3) is 5.91 Å². The Morgan fingerprint density at radius 3 is 2.23 bits per heavy atom. The normalized spacial score (nSPS) is 10.5. The first-order valence-electron chi connectivity index (χ1n) is 10.0. The van der Waals surface area contributed by atoms with Gasteiger partial charge in [0.1, 0.15) is 12.4 Å². The number of carbonyl (C=O) groups is 2. The smallest absolute Gasteiger partial charge is 0.269 e. The number of hydrogen-bond donors (Lipinski definition) is 2. The molecule has 4 rings (SSSR count). The molecule has 0 atom stereocenters. The van der Waals surface area contributed by atoms with Crippen LogP contribution >= 0.6 is 0 Å². The zero-order chi connectivity index (χ0) is 21.5. The monoisotopic (exact) mass is 410 g/mol. The molecule has 2 N–H and O–H groups in total. The molecule has 5 nitrogen and oxygen atoms in total. The van der Waals surface area contributed by atoms with E-state index in [0.717, 1.165) is 21.9 Å². The van der Waals surface area contributed by atoms with Crippen molar-refractivity contribution in [2.24, 2.45) is 0 Å². The van der Waals surface area contributed by atoms with E-state index in [4.69, 9.17) is 4.74 Å². The maximum absolute atomic E-state index is 12.3. The maximum atomic E-state index is 12.3. The predicted octanol–water partition coefficient (Wildman–Crippen LogP) is 4.42. The van der Waals surface area contributed by atoms with Crippen LogP contribution in [0.15, 0.2) is 97.1 Å². The van der Waals surface area contributed by atoms with E-state index in [0.29, 0.717) is 17.9 Å². The molecule has 4 aromatic rings. The van der Waals surface area contributed by atoms with Crippen LogP contribution in [0.2, 0.25) is 0 Å². The van der Waals surface area contributed by atoms with Gasteiger partial charge in [0, 0.05) is 5.56 Å². The van der Waals surface area contributed by atoms with Crippen LogP contribution in [0.3, 0.4) is 0 Å². The van der Waals surface area contributed by atoms with Gasteiger partial charge >= 0.3 is 0 Å². The van der Waals surface area contributed by atoms with Gasteiger partial charge in [-0.25, -0.2) is 0 Å². The second-order valence-corrected chi connectivity index (χ2v) is 7.12. The average molecular weight is 410 g/mol. The highest BCUT2D eigenvalue weighted by molar-refractivity contribution is 5.96. The van der Waals surface area contributed by atoms with Crippen LogP contribution < -0.4 is 15.6 Å². The molecule has 0 unspecified atom stereocenters. The van der Waals surface area contributed by atoms with Crippen LogP contribution in [0.5, 0.6) is 5.75 Å². The number of amides is 2. The highest BCUT2D eigenvalue weighted by atomic mass is 16.5. The minimum Gasteiger partial charge on any atom is -0.489 e. The van der Waals surface area contributed by atoms with Crippen molar-refractivity contribution in [2.45, 2.75) is 13.0 Å². The van der Waals surface area contributed by atoms with Gasteiger partial charge in [-0.15, -0.1) is 0 Å². The molecular formula is C26H22N2O3. The third-order valence-electron chi connectivity index (χ3n) is 4.91. The van der Waals surface area contributed by atoms with Gasteiger partial charge in [0.2, 0.25) is 5.91 Å². The third-order valence-corrected chi connectivity index (χ3v) is 4.91. The number of nitrogens with one attached hydrogen (secondary N) is 2. The summed E-state index contributed by atoms with van der Waals surface area (Å²) in [7, 11) is 0. The average Bonchev–Trinajstić information content (AvgIpc) is 2.82. The number of rotatable bonds is 6. The van der Waals surface area contributed by atoms with Crippen molar-refractivity contribution in [3.8, 4) is 5.75 Å². The zero-order valence-electron chi connectivity index (χ0n) is 16.9. The fourth-order valence-electron chi connectivity index (χ4n) is 3.31. The van der Waals surface area contributed by atoms with E-state index >= 15 is 0 Å². The van der Waals surface area contributed by atoms with Gasteiger partial charge in [-0.2, -0.15) is 0 Å². The Hall–Kier alpha value is -4.12. The summed E-state index contributed by atoms with van der Waals surface area (Å²) in [6.45, 7) is 0.455. The summed E-state index contributed by atoms with van der Waals surface area (Å²) >= 11 is 0. The molecular weight excluding hydrogens is 388 g/mol. The molecule has 2 amide bonds. The standard InChI is InChI=1S/C26H22N2O3/c29-25(17-22-11-6-10-20-9-4-5-12-24(20)22)27-28-26(30)21-13-15-23(16-14-21)31-18-19-7-2-1-3-8-19/h1-16H,17-18H2,(H,27,29)(H,28,30). The molecule has 0 aliphatic heterocycles. The number of hydrogen-bond acceptors (Lipinski definition) is 3. The SMILES string of the molecule is O=C(Cc1cccc2ccccc12)NNC(=O)c1ccc(OCc2ccccc2)cc1. The lowest BCUT2D eigenvalue weighted by molar-refractivity contribution is -0.121. The van der Waals surface area contributed by atoms with Crippen LogP contribution in [0, 0.1) is 0 Å². The molecule has 5 heteroatoms. The molecule has 0 aliphatic rings. The number of ether oxygens (including phenoxy) is 1. The maximum Gasteiger partial charge on any atom is 0.269 e. The molecule has 0 fully saturated rings. The fraction of sp³-hybridized carbons (Fsp3) is 0.0769. The topological polar surface area (TPSA) is 67.4 Å². The van der Waals surface area contributed by atoms with Crippen LogP contribution in [-0.2, 0) is 17.8 Å². The third kappa shape index (κ3) is 5.28. The first-order chi connectivity index (χ1) is 15.2. The quantitative estimate of drug-likeness (QED) is 0.462. The molecule has 0 heterocycles. The van der Waals surface area contributed by atoms with Gasteiger partial charge in [0.05, 0.1) is 6.42 Å². The summed E-state index contributed by atoms with van der Waals surface area (Å²) in [5, 5.41) is 2.10. The van der Waals surface area contributed by atoms with E-state index in [9.17, 15) is 9.59 Å². The van der Waals surface area contributed by atoms with E-state index in [1.807, 2.05) is 72.8 Å². The summed E-state index contributed by atoms with van der Waals surface area (Å²) in [5.41, 5.74) is 7.35. The summed E-state index contributed by atoms with van der Waals surface area (Å²) in [6, 6.07) is 30.4. The molecule has 31 heavy (non-hydrogen) atoms. The molecule has 0 aromatic heterocycles. The number of benzene rings is 4. The van der Waals surface area contributed by atoms with Crippen molar-refractivity contribution in [2.75, 3.05) is 0 Å². The molecule has 0 spiro atoms. The summed E-state index contributed by atoms with van der Waals surface area (Å²) in [6.07, 6.45) is 0.175. The van der Waals surface area contributed by atoms with E-state index in [2.05, 4.69) is 10.9 Å². The van der Waals surface area contributed by atoms with Gasteiger partial charge in [0.15, 0.2) is 0 Å². The Labute approximate surface area is 180 Å². The highest BCUT2D eigenvalue weighted by Gasteiger charge is 2.10. The number of carbonyl (C=O) groups excluding carboxylic acids is 2. The molecule has 154 valence electrons. The molecule has 0 aliphatic carbocycles. The van der Waals surface area contributed by atoms with E-state index in [-0.39, 0.29) is 18.2 Å². The van der Waals surface area contributed by atoms with Gasteiger partial charge in [-0.1, -0.05) is 72.8 Å². The summed E-state index contributed by atoms with van der Waals surface area (Å²) in [4.78, 5) is 24.7. The van der Waals surface area contributed by atoms with Crippen molar-refractivity contribution in [3.05, 3.63) is 114 Å². The molecule has 0 radical (unpaired) electrons. The molecule has 0 saturated carbocycles. The molecule has 0 bridgehead atoms. The largest absolute Gasteiger partial charge is 0.489 e. The Balaban J connectivity index is 1.29. The van der Waals surface area contributed by atoms with Gasteiger partial charge in [-0.3, -0.25) is 20.4 Å². The molecule has 4 aromatic carbocycles. The number of hydrazine groups is 1. The van der Waals surface area contributed by atoms with Crippen LogP contribution in [0.1, 0.15) is 21.5 Å². The Bertz CT molecular complexity index is 1180. The first kappa shape index (κ1) is 20.2. The van der Waals surface area contributed by atoms with Crippen molar-refractivity contribution in [1.29, 1.82) is 0 Å². The van der Waals surface area contributed by atoms with Gasteiger partial charge in [-0.05, 0) is 46.2 Å². The van der Waals surface area contributed by atoms with Gasteiger partial charge < -0.3 is 4.74 Å². The highest BCUT2D eigenvalue weighted by Crippen LogP contribution is 2.19. The van der Waals surface area contributed by atoms with Crippen LogP contribution in [0.4, 0.5) is 0 Å². The van der Waals surface area contributed by atoms with E-state index < -0.39 is 0 Å². The lowest BCUT2D eigenvalue weighted by atomic mass is 10.0. The lowest BCUT2D eigenvalue weighted by Gasteiger charge is -2.10. The zero-order valence-corrected chi connectivity index (χ0v) is 16.9. The Morgan fingerprint density at radius 1 is 0.710 bits per heavy atom. The van der Waals surface area contributed by atoms with Crippen molar-refractivity contribution in [1.82, 2.24) is 10.9 Å². The van der Waals surface area contributed by atoms with Crippen LogP contribution in [0.25, 0.3) is 10.8 Å². The first-order valence-corrected chi connectivity index (χ1v) is 10.0.